The van der Waals surface area contributed by atoms with Crippen LogP contribution < -0.4 is 4.72 Å². The number of benzene rings is 1. The second kappa shape index (κ2) is 9.03. The van der Waals surface area contributed by atoms with Crippen LogP contribution in [0.4, 0.5) is 14.5 Å². The van der Waals surface area contributed by atoms with E-state index in [0.29, 0.717) is 11.2 Å². The molecule has 0 saturated carbocycles. The molecule has 2 N–H and O–H groups in total. The fourth-order valence-electron chi connectivity index (χ4n) is 3.75. The lowest BCUT2D eigenvalue weighted by Crippen LogP contribution is -2.23. The number of ketones is 1. The van der Waals surface area contributed by atoms with Crippen molar-refractivity contribution in [2.45, 2.75) is 19.8 Å². The van der Waals surface area contributed by atoms with Crippen LogP contribution in [0.5, 0.6) is 0 Å². The SMILES string of the molecule is CCS(=O)(=O)Nc1ccc(F)c(C(=O)Cc2cnc3[nH]c(C4=CCN(C)CC4)cc3c2)c1F. The predicted molar refractivity (Wildman–Crippen MR) is 124 cm³/mol. The Labute approximate surface area is 190 Å². The monoisotopic (exact) mass is 474 g/mol. The number of hydrogen-bond acceptors (Lipinski definition) is 5. The fraction of sp³-hybridized carbons (Fsp3) is 0.304. The maximum absolute atomic E-state index is 14.8. The van der Waals surface area contributed by atoms with Crippen LogP contribution in [0.15, 0.2) is 36.5 Å². The van der Waals surface area contributed by atoms with Gasteiger partial charge in [0.25, 0.3) is 0 Å². The van der Waals surface area contributed by atoms with Gasteiger partial charge in [0.2, 0.25) is 10.0 Å². The fourth-order valence-corrected chi connectivity index (χ4v) is 4.38. The lowest BCUT2D eigenvalue weighted by atomic mass is 10.0. The number of nitrogens with zero attached hydrogens (tertiary/aromatic N) is 2. The van der Waals surface area contributed by atoms with Crippen LogP contribution >= 0.6 is 0 Å². The molecule has 33 heavy (non-hydrogen) atoms. The topological polar surface area (TPSA) is 95.2 Å². The van der Waals surface area contributed by atoms with Crippen molar-refractivity contribution in [2.75, 3.05) is 30.6 Å². The van der Waals surface area contributed by atoms with Crippen LogP contribution in [0.1, 0.15) is 35.0 Å². The molecule has 7 nitrogen and oxygen atoms in total. The van der Waals surface area contributed by atoms with Gasteiger partial charge in [-0.1, -0.05) is 6.08 Å². The second-order valence-corrected chi connectivity index (χ2v) is 10.1. The average molecular weight is 475 g/mol. The summed E-state index contributed by atoms with van der Waals surface area (Å²) in [6, 6.07) is 5.55. The van der Waals surface area contributed by atoms with Crippen LogP contribution in [0, 0.1) is 11.6 Å². The minimum Gasteiger partial charge on any atom is -0.339 e. The number of rotatable bonds is 7. The highest BCUT2D eigenvalue weighted by atomic mass is 32.2. The number of likely N-dealkylation sites (N-methyl/N-ethyl adjacent to an activating group) is 1. The number of carbonyl (C=O) groups excluding carboxylic acids is 1. The summed E-state index contributed by atoms with van der Waals surface area (Å²) >= 11 is 0. The van der Waals surface area contributed by atoms with Crippen molar-refractivity contribution in [3.05, 3.63) is 65.0 Å². The molecular formula is C23H24F2N4O3S. The first-order chi connectivity index (χ1) is 15.7. The van der Waals surface area contributed by atoms with Crippen molar-refractivity contribution in [2.24, 2.45) is 0 Å². The van der Waals surface area contributed by atoms with E-state index in [2.05, 4.69) is 28.0 Å². The highest BCUT2D eigenvalue weighted by molar-refractivity contribution is 7.92. The van der Waals surface area contributed by atoms with Crippen molar-refractivity contribution < 1.29 is 22.0 Å². The van der Waals surface area contributed by atoms with Gasteiger partial charge in [-0.2, -0.15) is 0 Å². The third-order valence-corrected chi connectivity index (χ3v) is 6.96. The molecule has 3 aromatic rings. The average Bonchev–Trinajstić information content (AvgIpc) is 3.19. The van der Waals surface area contributed by atoms with Gasteiger partial charge in [-0.05, 0) is 55.8 Å². The summed E-state index contributed by atoms with van der Waals surface area (Å²) in [4.78, 5) is 22.6. The molecule has 1 aliphatic heterocycles. The number of nitrogens with one attached hydrogen (secondary N) is 2. The van der Waals surface area contributed by atoms with Gasteiger partial charge in [-0.15, -0.1) is 0 Å². The molecule has 0 spiro atoms. The highest BCUT2D eigenvalue weighted by Gasteiger charge is 2.23. The Bertz CT molecular complexity index is 1370. The molecule has 0 bridgehead atoms. The lowest BCUT2D eigenvalue weighted by Gasteiger charge is -2.21. The summed E-state index contributed by atoms with van der Waals surface area (Å²) in [5.41, 5.74) is 2.07. The number of pyridine rings is 1. The molecule has 0 amide bonds. The summed E-state index contributed by atoms with van der Waals surface area (Å²) in [7, 11) is -1.73. The van der Waals surface area contributed by atoms with Crippen molar-refractivity contribution >= 4 is 38.1 Å². The van der Waals surface area contributed by atoms with Crippen molar-refractivity contribution in [3.63, 3.8) is 0 Å². The molecule has 0 fully saturated rings. The normalized spacial score (nSPS) is 15.0. The first kappa shape index (κ1) is 23.1. The molecule has 2 aromatic heterocycles. The van der Waals surface area contributed by atoms with Gasteiger partial charge < -0.3 is 9.88 Å². The Morgan fingerprint density at radius 3 is 2.76 bits per heavy atom. The molecule has 4 rings (SSSR count). The number of H-pyrrole nitrogens is 1. The largest absolute Gasteiger partial charge is 0.339 e. The van der Waals surface area contributed by atoms with Crippen LogP contribution in [0.2, 0.25) is 0 Å². The maximum atomic E-state index is 14.8. The smallest absolute Gasteiger partial charge is 0.232 e. The Morgan fingerprint density at radius 1 is 1.27 bits per heavy atom. The third kappa shape index (κ3) is 4.96. The van der Waals surface area contributed by atoms with Crippen molar-refractivity contribution in [3.8, 4) is 0 Å². The maximum Gasteiger partial charge on any atom is 0.232 e. The molecule has 0 atom stereocenters. The van der Waals surface area contributed by atoms with E-state index in [1.165, 1.54) is 18.7 Å². The molecule has 3 heterocycles. The van der Waals surface area contributed by atoms with E-state index >= 15 is 0 Å². The predicted octanol–water partition coefficient (Wildman–Crippen LogP) is 3.75. The zero-order chi connectivity index (χ0) is 23.8. The number of hydrogen-bond donors (Lipinski definition) is 2. The van der Waals surface area contributed by atoms with E-state index in [9.17, 15) is 22.0 Å². The lowest BCUT2D eigenvalue weighted by molar-refractivity contribution is 0.0985. The molecule has 174 valence electrons. The van der Waals surface area contributed by atoms with Crippen LogP contribution in [0.3, 0.4) is 0 Å². The van der Waals surface area contributed by atoms with E-state index < -0.39 is 38.7 Å². The number of Topliss-reactive ketones (excluding diaryl/α,β-unsaturated/α-hetero) is 1. The first-order valence-corrected chi connectivity index (χ1v) is 12.2. The molecule has 10 heteroatoms. The molecule has 0 aliphatic carbocycles. The molecular weight excluding hydrogens is 450 g/mol. The molecule has 0 saturated heterocycles. The van der Waals surface area contributed by atoms with Gasteiger partial charge in [0.15, 0.2) is 11.6 Å². The first-order valence-electron chi connectivity index (χ1n) is 10.5. The minimum atomic E-state index is -3.79. The number of aromatic amines is 1. The minimum absolute atomic E-state index is 0.283. The van der Waals surface area contributed by atoms with Crippen LogP contribution in [-0.4, -0.2) is 55.0 Å². The number of halogens is 2. The van der Waals surface area contributed by atoms with E-state index in [1.807, 2.05) is 10.8 Å². The number of fused-ring (bicyclic) bond motifs is 1. The van der Waals surface area contributed by atoms with Crippen molar-refractivity contribution in [1.29, 1.82) is 0 Å². The summed E-state index contributed by atoms with van der Waals surface area (Å²) in [5.74, 6) is -3.38. The Morgan fingerprint density at radius 2 is 2.06 bits per heavy atom. The quantitative estimate of drug-likeness (QED) is 0.509. The summed E-state index contributed by atoms with van der Waals surface area (Å²) in [6.07, 6.45) is 4.27. The number of anilines is 1. The summed E-state index contributed by atoms with van der Waals surface area (Å²) in [6.45, 7) is 3.20. The molecule has 0 radical (unpaired) electrons. The Kier molecular flexibility index (Phi) is 6.31. The van der Waals surface area contributed by atoms with E-state index in [4.69, 9.17) is 0 Å². The zero-order valence-corrected chi connectivity index (χ0v) is 19.1. The van der Waals surface area contributed by atoms with Gasteiger partial charge in [0, 0.05) is 36.8 Å². The second-order valence-electron chi connectivity index (χ2n) is 8.10. The molecule has 1 aliphatic rings. The van der Waals surface area contributed by atoms with E-state index in [0.717, 1.165) is 42.7 Å². The van der Waals surface area contributed by atoms with Crippen LogP contribution in [0.25, 0.3) is 16.6 Å². The standard InChI is InChI=1S/C23H24F2N4O3S/c1-3-33(31,32)28-18-5-4-17(24)21(22(18)25)20(30)11-14-10-16-12-19(27-23(16)26-13-14)15-6-8-29(2)9-7-15/h4-6,10,12-13,28H,3,7-9,11H2,1-2H3,(H,26,27). The highest BCUT2D eigenvalue weighted by Crippen LogP contribution is 2.27. The van der Waals surface area contributed by atoms with Gasteiger partial charge >= 0.3 is 0 Å². The van der Waals surface area contributed by atoms with Gasteiger partial charge in [-0.25, -0.2) is 22.2 Å². The molecule has 0 unspecified atom stereocenters. The van der Waals surface area contributed by atoms with Crippen LogP contribution in [-0.2, 0) is 16.4 Å². The van der Waals surface area contributed by atoms with E-state index in [-0.39, 0.29) is 12.2 Å². The summed E-state index contributed by atoms with van der Waals surface area (Å²) < 4.78 is 54.7. The number of carbonyl (C=O) groups is 1. The zero-order valence-electron chi connectivity index (χ0n) is 18.3. The number of aromatic nitrogens is 2. The summed E-state index contributed by atoms with van der Waals surface area (Å²) in [5, 5.41) is 0.792. The van der Waals surface area contributed by atoms with Gasteiger partial charge in [0.05, 0.1) is 17.0 Å². The Balaban J connectivity index is 1.59. The molecule has 1 aromatic carbocycles. The Hall–Kier alpha value is -3.11. The third-order valence-electron chi connectivity index (χ3n) is 5.67. The van der Waals surface area contributed by atoms with Crippen molar-refractivity contribution in [1.82, 2.24) is 14.9 Å². The van der Waals surface area contributed by atoms with Gasteiger partial charge in [-0.3, -0.25) is 9.52 Å². The number of sulfonamides is 1. The van der Waals surface area contributed by atoms with Gasteiger partial charge in [0.1, 0.15) is 11.5 Å². The van der Waals surface area contributed by atoms with E-state index in [1.54, 1.807) is 6.07 Å².